The number of thiocarbonyl (C=S) groups is 1. The third kappa shape index (κ3) is 3.97. The van der Waals surface area contributed by atoms with E-state index in [1.165, 1.54) is 18.2 Å². The van der Waals surface area contributed by atoms with Crippen LogP contribution in [-0.4, -0.2) is 11.3 Å². The van der Waals surface area contributed by atoms with Crippen molar-refractivity contribution in [2.24, 2.45) is 10.8 Å². The van der Waals surface area contributed by atoms with E-state index < -0.39 is 11.7 Å². The number of nitrogens with one attached hydrogen (secondary N) is 1. The van der Waals surface area contributed by atoms with Crippen LogP contribution in [0, 0.1) is 0 Å². The van der Waals surface area contributed by atoms with Crippen molar-refractivity contribution >= 4 is 39.5 Å². The van der Waals surface area contributed by atoms with E-state index in [4.69, 9.17) is 5.73 Å². The molecule has 0 aliphatic carbocycles. The lowest BCUT2D eigenvalue weighted by Gasteiger charge is -2.11. The highest BCUT2D eigenvalue weighted by Crippen LogP contribution is 2.36. The van der Waals surface area contributed by atoms with Crippen molar-refractivity contribution in [3.8, 4) is 0 Å². The molecule has 0 saturated heterocycles. The Labute approximate surface area is 109 Å². The standard InChI is InChI=1S/C9H7BrF3N3S/c10-6-3-1-2-5(4-15-16-8(14)17)7(6)9(11,12)13/h1-4H,(H3,14,16,17). The summed E-state index contributed by atoms with van der Waals surface area (Å²) in [6.07, 6.45) is -3.46. The second kappa shape index (κ2) is 5.46. The van der Waals surface area contributed by atoms with E-state index in [9.17, 15) is 13.2 Å². The van der Waals surface area contributed by atoms with Crippen molar-refractivity contribution in [2.75, 3.05) is 0 Å². The fourth-order valence-electron chi connectivity index (χ4n) is 1.11. The first-order valence-electron chi connectivity index (χ1n) is 4.26. The van der Waals surface area contributed by atoms with Crippen LogP contribution in [0.2, 0.25) is 0 Å². The molecule has 3 nitrogen and oxygen atoms in total. The number of hydrogen-bond acceptors (Lipinski definition) is 2. The lowest BCUT2D eigenvalue weighted by atomic mass is 10.1. The Morgan fingerprint density at radius 2 is 2.12 bits per heavy atom. The number of nitrogens with two attached hydrogens (primary N) is 1. The van der Waals surface area contributed by atoms with Gasteiger partial charge in [0.2, 0.25) is 0 Å². The van der Waals surface area contributed by atoms with Gasteiger partial charge in [0, 0.05) is 10.0 Å². The predicted octanol–water partition coefficient (Wildman–Crippen LogP) is 2.64. The molecule has 1 rings (SSSR count). The Bertz CT molecular complexity index is 459. The minimum Gasteiger partial charge on any atom is -0.375 e. The number of alkyl halides is 3. The van der Waals surface area contributed by atoms with E-state index in [1.807, 2.05) is 0 Å². The molecule has 0 aromatic heterocycles. The summed E-state index contributed by atoms with van der Waals surface area (Å²) in [5, 5.41) is 3.37. The Morgan fingerprint density at radius 3 is 2.65 bits per heavy atom. The molecule has 0 atom stereocenters. The van der Waals surface area contributed by atoms with Gasteiger partial charge in [-0.2, -0.15) is 18.3 Å². The molecule has 8 heteroatoms. The maximum Gasteiger partial charge on any atom is 0.418 e. The molecule has 0 aliphatic heterocycles. The zero-order valence-electron chi connectivity index (χ0n) is 8.25. The van der Waals surface area contributed by atoms with Crippen LogP contribution in [0.4, 0.5) is 13.2 Å². The fraction of sp³-hybridized carbons (Fsp3) is 0.111. The highest BCUT2D eigenvalue weighted by molar-refractivity contribution is 9.10. The first-order valence-corrected chi connectivity index (χ1v) is 5.46. The van der Waals surface area contributed by atoms with Crippen molar-refractivity contribution in [2.45, 2.75) is 6.18 Å². The van der Waals surface area contributed by atoms with Gasteiger partial charge < -0.3 is 5.73 Å². The van der Waals surface area contributed by atoms with Gasteiger partial charge in [-0.15, -0.1) is 0 Å². The maximum absolute atomic E-state index is 12.7. The van der Waals surface area contributed by atoms with Crippen LogP contribution >= 0.6 is 28.1 Å². The first kappa shape index (κ1) is 13.9. The van der Waals surface area contributed by atoms with Gasteiger partial charge >= 0.3 is 6.18 Å². The van der Waals surface area contributed by atoms with Crippen LogP contribution in [0.5, 0.6) is 0 Å². The van der Waals surface area contributed by atoms with Crippen LogP contribution in [-0.2, 0) is 6.18 Å². The summed E-state index contributed by atoms with van der Waals surface area (Å²) < 4.78 is 38.1. The van der Waals surface area contributed by atoms with Gasteiger partial charge in [0.15, 0.2) is 5.11 Å². The number of halogens is 4. The van der Waals surface area contributed by atoms with Gasteiger partial charge in [-0.25, -0.2) is 0 Å². The number of hydrazone groups is 1. The summed E-state index contributed by atoms with van der Waals surface area (Å²) in [4.78, 5) is 0. The number of benzene rings is 1. The Kier molecular flexibility index (Phi) is 4.47. The minimum absolute atomic E-state index is 0.0516. The molecule has 17 heavy (non-hydrogen) atoms. The predicted molar refractivity (Wildman–Crippen MR) is 66.7 cm³/mol. The zero-order valence-corrected chi connectivity index (χ0v) is 10.7. The van der Waals surface area contributed by atoms with Crippen molar-refractivity contribution < 1.29 is 13.2 Å². The van der Waals surface area contributed by atoms with Crippen LogP contribution in [0.1, 0.15) is 11.1 Å². The van der Waals surface area contributed by atoms with Crippen LogP contribution < -0.4 is 11.2 Å². The average Bonchev–Trinajstić information content (AvgIpc) is 2.14. The molecule has 0 spiro atoms. The zero-order chi connectivity index (χ0) is 13.1. The molecule has 92 valence electrons. The SMILES string of the molecule is NC(=S)NN=Cc1cccc(Br)c1C(F)(F)F. The van der Waals surface area contributed by atoms with Gasteiger partial charge in [-0.1, -0.05) is 28.1 Å². The first-order chi connectivity index (χ1) is 7.82. The molecular formula is C9H7BrF3N3S. The molecule has 0 saturated carbocycles. The molecule has 3 N–H and O–H groups in total. The largest absolute Gasteiger partial charge is 0.418 e. The highest BCUT2D eigenvalue weighted by atomic mass is 79.9. The molecule has 0 fully saturated rings. The molecule has 0 amide bonds. The number of hydrogen-bond donors (Lipinski definition) is 2. The maximum atomic E-state index is 12.7. The molecule has 1 aromatic rings. The second-order valence-corrected chi connectivity index (χ2v) is 4.23. The van der Waals surface area contributed by atoms with E-state index in [0.29, 0.717) is 0 Å². The minimum atomic E-state index is -4.47. The summed E-state index contributed by atoms with van der Waals surface area (Å²) in [5.74, 6) is 0. The molecule has 1 aromatic carbocycles. The van der Waals surface area contributed by atoms with Gasteiger partial charge in [0.05, 0.1) is 11.8 Å². The molecule has 0 bridgehead atoms. The number of rotatable bonds is 2. The molecule has 0 radical (unpaired) electrons. The van der Waals surface area contributed by atoms with Crippen LogP contribution in [0.15, 0.2) is 27.8 Å². The highest BCUT2D eigenvalue weighted by Gasteiger charge is 2.35. The van der Waals surface area contributed by atoms with E-state index >= 15 is 0 Å². The Morgan fingerprint density at radius 1 is 1.47 bits per heavy atom. The lowest BCUT2D eigenvalue weighted by molar-refractivity contribution is -0.138. The fourth-order valence-corrected chi connectivity index (χ4v) is 1.77. The van der Waals surface area contributed by atoms with Crippen LogP contribution in [0.3, 0.4) is 0 Å². The quantitative estimate of drug-likeness (QED) is 0.499. The van der Waals surface area contributed by atoms with E-state index in [1.54, 1.807) is 0 Å². The van der Waals surface area contributed by atoms with Gasteiger partial charge in [0.1, 0.15) is 0 Å². The Balaban J connectivity index is 3.12. The van der Waals surface area contributed by atoms with E-state index in [-0.39, 0.29) is 15.1 Å². The summed E-state index contributed by atoms with van der Waals surface area (Å²) in [7, 11) is 0. The molecule has 0 heterocycles. The molecule has 0 unspecified atom stereocenters. The smallest absolute Gasteiger partial charge is 0.375 e. The van der Waals surface area contributed by atoms with Gasteiger partial charge in [-0.3, -0.25) is 5.43 Å². The molecule has 0 aliphatic rings. The van der Waals surface area contributed by atoms with Crippen molar-refractivity contribution in [3.05, 3.63) is 33.8 Å². The van der Waals surface area contributed by atoms with E-state index in [2.05, 4.69) is 38.7 Å². The third-order valence-corrected chi connectivity index (χ3v) is 2.46. The summed E-state index contributed by atoms with van der Waals surface area (Å²) in [5.41, 5.74) is 6.39. The monoisotopic (exact) mass is 325 g/mol. The third-order valence-electron chi connectivity index (χ3n) is 1.71. The average molecular weight is 326 g/mol. The van der Waals surface area contributed by atoms with Crippen LogP contribution in [0.25, 0.3) is 0 Å². The normalized spacial score (nSPS) is 11.8. The second-order valence-electron chi connectivity index (χ2n) is 2.94. The summed E-state index contributed by atoms with van der Waals surface area (Å²) in [6, 6.07) is 4.07. The van der Waals surface area contributed by atoms with Crippen molar-refractivity contribution in [1.82, 2.24) is 5.43 Å². The van der Waals surface area contributed by atoms with Gasteiger partial charge in [0.25, 0.3) is 0 Å². The summed E-state index contributed by atoms with van der Waals surface area (Å²) >= 11 is 7.32. The van der Waals surface area contributed by atoms with Gasteiger partial charge in [-0.05, 0) is 18.3 Å². The van der Waals surface area contributed by atoms with E-state index in [0.717, 1.165) is 6.21 Å². The van der Waals surface area contributed by atoms with Crippen molar-refractivity contribution in [1.29, 1.82) is 0 Å². The molecular weight excluding hydrogens is 319 g/mol. The summed E-state index contributed by atoms with van der Waals surface area (Å²) in [6.45, 7) is 0. The topological polar surface area (TPSA) is 50.4 Å². The Hall–Kier alpha value is -1.15. The van der Waals surface area contributed by atoms with Crippen molar-refractivity contribution in [3.63, 3.8) is 0 Å². The lowest BCUT2D eigenvalue weighted by Crippen LogP contribution is -2.24. The number of nitrogens with zero attached hydrogens (tertiary/aromatic N) is 1.